The van der Waals surface area contributed by atoms with Gasteiger partial charge < -0.3 is 16.2 Å². The van der Waals surface area contributed by atoms with Gasteiger partial charge in [0.05, 0.1) is 6.26 Å². The molecule has 0 aromatic carbocycles. The third kappa shape index (κ3) is 2.48. The van der Waals surface area contributed by atoms with Crippen LogP contribution < -0.4 is 11.1 Å². The van der Waals surface area contributed by atoms with E-state index in [-0.39, 0.29) is 5.15 Å². The van der Waals surface area contributed by atoms with E-state index >= 15 is 0 Å². The molecule has 70 valence electrons. The fourth-order valence-electron chi connectivity index (χ4n) is 0.723. The number of hydrogen-bond acceptors (Lipinski definition) is 5. The van der Waals surface area contributed by atoms with Gasteiger partial charge in [0.1, 0.15) is 12.0 Å². The van der Waals surface area contributed by atoms with Gasteiger partial charge in [-0.05, 0) is 6.08 Å². The van der Waals surface area contributed by atoms with E-state index in [0.29, 0.717) is 18.1 Å². The number of nitrogens with two attached hydrogens (primary N) is 1. The predicted octanol–water partition coefficient (Wildman–Crippen LogP) is 1.20. The van der Waals surface area contributed by atoms with Gasteiger partial charge in [0.2, 0.25) is 0 Å². The van der Waals surface area contributed by atoms with E-state index in [1.54, 1.807) is 0 Å². The number of aromatic nitrogens is 2. The van der Waals surface area contributed by atoms with Crippen LogP contribution in [0.5, 0.6) is 0 Å². The molecule has 1 aromatic rings. The van der Waals surface area contributed by atoms with Crippen LogP contribution in [-0.2, 0) is 0 Å². The Morgan fingerprint density at radius 1 is 1.62 bits per heavy atom. The van der Waals surface area contributed by atoms with E-state index in [4.69, 9.17) is 22.4 Å². The molecule has 6 heteroatoms. The number of nitrogen functional groups attached to an aromatic ring is 1. The van der Waals surface area contributed by atoms with Gasteiger partial charge in [-0.25, -0.2) is 9.97 Å². The van der Waals surface area contributed by atoms with Crippen molar-refractivity contribution >= 4 is 23.1 Å². The van der Waals surface area contributed by atoms with Crippen LogP contribution in [0.3, 0.4) is 0 Å². The normalized spacial score (nSPS) is 10.5. The first-order valence-corrected chi connectivity index (χ1v) is 3.92. The largest absolute Gasteiger partial charge is 0.516 e. The Morgan fingerprint density at radius 2 is 2.38 bits per heavy atom. The van der Waals surface area contributed by atoms with Crippen molar-refractivity contribution in [3.05, 3.63) is 23.8 Å². The fourth-order valence-corrected chi connectivity index (χ4v) is 0.856. The second kappa shape index (κ2) is 4.51. The van der Waals surface area contributed by atoms with Crippen LogP contribution >= 0.6 is 11.6 Å². The molecule has 0 amide bonds. The lowest BCUT2D eigenvalue weighted by Crippen LogP contribution is -2.05. The van der Waals surface area contributed by atoms with Crippen molar-refractivity contribution in [2.45, 2.75) is 0 Å². The first-order chi connectivity index (χ1) is 6.25. The number of anilines is 2. The van der Waals surface area contributed by atoms with E-state index < -0.39 is 0 Å². The maximum atomic E-state index is 8.36. The average Bonchev–Trinajstić information content (AvgIpc) is 2.13. The Labute approximate surface area is 80.3 Å². The molecule has 0 spiro atoms. The van der Waals surface area contributed by atoms with Crippen LogP contribution in [0.4, 0.5) is 11.5 Å². The van der Waals surface area contributed by atoms with Gasteiger partial charge in [0.25, 0.3) is 0 Å². The molecule has 0 bridgehead atoms. The van der Waals surface area contributed by atoms with E-state index in [1.807, 2.05) is 0 Å². The number of halogens is 1. The summed E-state index contributed by atoms with van der Waals surface area (Å²) >= 11 is 5.64. The molecule has 0 aliphatic carbocycles. The van der Waals surface area contributed by atoms with Crippen LogP contribution in [0.1, 0.15) is 0 Å². The zero-order valence-electron chi connectivity index (χ0n) is 6.74. The fraction of sp³-hybridized carbons (Fsp3) is 0.143. The second-order valence-corrected chi connectivity index (χ2v) is 2.55. The Morgan fingerprint density at radius 3 is 3.08 bits per heavy atom. The quantitative estimate of drug-likeness (QED) is 0.504. The lowest BCUT2D eigenvalue weighted by molar-refractivity contribution is 0.472. The lowest BCUT2D eigenvalue weighted by Gasteiger charge is -2.05. The molecule has 4 N–H and O–H groups in total. The highest BCUT2D eigenvalue weighted by atomic mass is 35.5. The molecular weight excluding hydrogens is 192 g/mol. The summed E-state index contributed by atoms with van der Waals surface area (Å²) in [6.45, 7) is 0.425. The van der Waals surface area contributed by atoms with E-state index in [9.17, 15) is 0 Å². The summed E-state index contributed by atoms with van der Waals surface area (Å²) in [4.78, 5) is 7.55. The summed E-state index contributed by atoms with van der Waals surface area (Å²) < 4.78 is 0. The van der Waals surface area contributed by atoms with Gasteiger partial charge in [0, 0.05) is 6.54 Å². The lowest BCUT2D eigenvalue weighted by atomic mass is 10.4. The minimum atomic E-state index is 0.213. The van der Waals surface area contributed by atoms with Gasteiger partial charge in [-0.2, -0.15) is 0 Å². The Bertz CT molecular complexity index is 315. The minimum absolute atomic E-state index is 0.213. The molecular formula is C7H9ClN4O. The third-order valence-corrected chi connectivity index (χ3v) is 1.63. The van der Waals surface area contributed by atoms with Gasteiger partial charge in [0.15, 0.2) is 11.0 Å². The second-order valence-electron chi connectivity index (χ2n) is 2.19. The van der Waals surface area contributed by atoms with Crippen molar-refractivity contribution in [1.82, 2.24) is 9.97 Å². The Kier molecular flexibility index (Phi) is 3.33. The summed E-state index contributed by atoms with van der Waals surface area (Å²) in [5.41, 5.74) is 5.86. The molecule has 1 rings (SSSR count). The minimum Gasteiger partial charge on any atom is -0.516 e. The molecule has 0 atom stereocenters. The molecule has 5 nitrogen and oxygen atoms in total. The molecule has 13 heavy (non-hydrogen) atoms. The summed E-state index contributed by atoms with van der Waals surface area (Å²) in [5.74, 6) is 0.457. The monoisotopic (exact) mass is 200 g/mol. The maximum absolute atomic E-state index is 8.36. The van der Waals surface area contributed by atoms with Crippen molar-refractivity contribution in [3.63, 3.8) is 0 Å². The molecule has 0 radical (unpaired) electrons. The topological polar surface area (TPSA) is 84.1 Å². The first kappa shape index (κ1) is 9.60. The number of nitrogens with zero attached hydrogens (tertiary/aromatic N) is 2. The van der Waals surface area contributed by atoms with E-state index in [1.165, 1.54) is 12.4 Å². The molecule has 0 aliphatic heterocycles. The van der Waals surface area contributed by atoms with Crippen molar-refractivity contribution in [2.75, 3.05) is 17.6 Å². The number of aliphatic hydroxyl groups is 1. The summed E-state index contributed by atoms with van der Waals surface area (Å²) in [7, 11) is 0. The van der Waals surface area contributed by atoms with Crippen molar-refractivity contribution in [3.8, 4) is 0 Å². The van der Waals surface area contributed by atoms with E-state index in [0.717, 1.165) is 6.26 Å². The Hall–Kier alpha value is -1.49. The van der Waals surface area contributed by atoms with Gasteiger partial charge in [-0.1, -0.05) is 11.6 Å². The standard InChI is InChI=1S/C7H9ClN4O/c8-6-5(9)7(12-4-11-6)10-2-1-3-13/h1,3-4,13H,2,9H2,(H,10,11,12). The van der Waals surface area contributed by atoms with Crippen LogP contribution in [0.15, 0.2) is 18.7 Å². The highest BCUT2D eigenvalue weighted by molar-refractivity contribution is 6.32. The van der Waals surface area contributed by atoms with Crippen LogP contribution in [-0.4, -0.2) is 21.6 Å². The zero-order chi connectivity index (χ0) is 9.68. The summed E-state index contributed by atoms with van der Waals surface area (Å²) in [5, 5.41) is 11.4. The smallest absolute Gasteiger partial charge is 0.157 e. The molecule has 1 aromatic heterocycles. The predicted molar refractivity (Wildman–Crippen MR) is 51.7 cm³/mol. The Balaban J connectivity index is 2.71. The number of hydrogen-bond donors (Lipinski definition) is 3. The molecule has 0 unspecified atom stereocenters. The molecule has 0 saturated heterocycles. The molecule has 1 heterocycles. The van der Waals surface area contributed by atoms with Crippen LogP contribution in [0.2, 0.25) is 5.15 Å². The third-order valence-electron chi connectivity index (χ3n) is 1.33. The molecule has 0 aliphatic rings. The zero-order valence-corrected chi connectivity index (χ0v) is 7.49. The number of rotatable bonds is 3. The number of aliphatic hydroxyl groups excluding tert-OH is 1. The van der Waals surface area contributed by atoms with Crippen LogP contribution in [0, 0.1) is 0 Å². The molecule has 0 fully saturated rings. The summed E-state index contributed by atoms with van der Waals surface area (Å²) in [6, 6.07) is 0. The van der Waals surface area contributed by atoms with E-state index in [2.05, 4.69) is 15.3 Å². The highest BCUT2D eigenvalue weighted by Crippen LogP contribution is 2.21. The maximum Gasteiger partial charge on any atom is 0.157 e. The number of nitrogens with one attached hydrogen (secondary N) is 1. The van der Waals surface area contributed by atoms with Crippen molar-refractivity contribution in [1.29, 1.82) is 0 Å². The average molecular weight is 201 g/mol. The van der Waals surface area contributed by atoms with Crippen molar-refractivity contribution in [2.24, 2.45) is 0 Å². The molecule has 0 saturated carbocycles. The first-order valence-electron chi connectivity index (χ1n) is 3.54. The highest BCUT2D eigenvalue weighted by Gasteiger charge is 2.03. The van der Waals surface area contributed by atoms with Crippen LogP contribution in [0.25, 0.3) is 0 Å². The van der Waals surface area contributed by atoms with Gasteiger partial charge in [-0.15, -0.1) is 0 Å². The van der Waals surface area contributed by atoms with Crippen molar-refractivity contribution < 1.29 is 5.11 Å². The SMILES string of the molecule is Nc1c(Cl)ncnc1NCC=CO. The van der Waals surface area contributed by atoms with Gasteiger partial charge in [-0.3, -0.25) is 0 Å². The summed E-state index contributed by atoms with van der Waals surface area (Å²) in [6.07, 6.45) is 3.76. The van der Waals surface area contributed by atoms with Gasteiger partial charge >= 0.3 is 0 Å².